The molecule has 1 aliphatic rings. The molecule has 0 saturated carbocycles. The highest BCUT2D eigenvalue weighted by molar-refractivity contribution is 7.18. The molecule has 6 heteroatoms. The highest BCUT2D eigenvalue weighted by Crippen LogP contribution is 2.34. The number of carbonyl (C=O) groups is 2. The second-order valence-corrected chi connectivity index (χ2v) is 9.01. The molecule has 0 radical (unpaired) electrons. The zero-order valence-corrected chi connectivity index (χ0v) is 18.3. The van der Waals surface area contributed by atoms with E-state index in [-0.39, 0.29) is 11.8 Å². The van der Waals surface area contributed by atoms with E-state index in [1.165, 1.54) is 4.70 Å². The summed E-state index contributed by atoms with van der Waals surface area (Å²) < 4.78 is 1.21. The number of hydrogen-bond donors (Lipinski definition) is 1. The van der Waals surface area contributed by atoms with Crippen molar-refractivity contribution in [1.29, 1.82) is 0 Å². The average Bonchev–Trinajstić information content (AvgIpc) is 3.29. The van der Waals surface area contributed by atoms with E-state index in [9.17, 15) is 9.59 Å². The Kier molecular flexibility index (Phi) is 5.69. The molecule has 0 aliphatic carbocycles. The molecule has 0 bridgehead atoms. The number of aromatic nitrogens is 1. The summed E-state index contributed by atoms with van der Waals surface area (Å²) in [7, 11) is 0. The number of benzene rings is 3. The SMILES string of the molecule is O=C(Nc1ccccc1C(=O)N1CCC(c2nc3ccccc3s2)CC1)c1ccccc1. The normalized spacial score (nSPS) is 14.4. The maximum absolute atomic E-state index is 13.3. The third-order valence-electron chi connectivity index (χ3n) is 5.88. The van der Waals surface area contributed by atoms with Crippen molar-refractivity contribution in [3.05, 3.63) is 95.0 Å². The van der Waals surface area contributed by atoms with Crippen LogP contribution in [-0.4, -0.2) is 34.8 Å². The van der Waals surface area contributed by atoms with Gasteiger partial charge in [-0.3, -0.25) is 9.59 Å². The predicted octanol–water partition coefficient (Wildman–Crippen LogP) is 5.57. The van der Waals surface area contributed by atoms with Crippen molar-refractivity contribution in [2.75, 3.05) is 18.4 Å². The van der Waals surface area contributed by atoms with Gasteiger partial charge in [0.05, 0.1) is 26.5 Å². The lowest BCUT2D eigenvalue weighted by Crippen LogP contribution is -2.38. The van der Waals surface area contributed by atoms with Crippen molar-refractivity contribution in [2.45, 2.75) is 18.8 Å². The Morgan fingerprint density at radius 1 is 0.875 bits per heavy atom. The smallest absolute Gasteiger partial charge is 0.255 e. The maximum Gasteiger partial charge on any atom is 0.255 e. The molecular formula is C26H23N3O2S. The number of anilines is 1. The van der Waals surface area contributed by atoms with Gasteiger partial charge in [-0.05, 0) is 49.2 Å². The molecule has 1 N–H and O–H groups in total. The van der Waals surface area contributed by atoms with Gasteiger partial charge in [0.1, 0.15) is 0 Å². The van der Waals surface area contributed by atoms with Crippen LogP contribution in [0.25, 0.3) is 10.2 Å². The van der Waals surface area contributed by atoms with Gasteiger partial charge in [-0.25, -0.2) is 4.98 Å². The quantitative estimate of drug-likeness (QED) is 0.450. The summed E-state index contributed by atoms with van der Waals surface area (Å²) in [6.07, 6.45) is 1.79. The molecular weight excluding hydrogens is 418 g/mol. The van der Waals surface area contributed by atoms with Crippen molar-refractivity contribution in [3.63, 3.8) is 0 Å². The Morgan fingerprint density at radius 3 is 2.34 bits per heavy atom. The average molecular weight is 442 g/mol. The third-order valence-corrected chi connectivity index (χ3v) is 7.08. The minimum atomic E-state index is -0.222. The highest BCUT2D eigenvalue weighted by atomic mass is 32.1. The van der Waals surface area contributed by atoms with Crippen LogP contribution in [0.2, 0.25) is 0 Å². The lowest BCUT2D eigenvalue weighted by molar-refractivity contribution is 0.0714. The number of amides is 2. The maximum atomic E-state index is 13.3. The summed E-state index contributed by atoms with van der Waals surface area (Å²) in [4.78, 5) is 32.6. The molecule has 1 saturated heterocycles. The van der Waals surface area contributed by atoms with Crippen LogP contribution in [0.4, 0.5) is 5.69 Å². The van der Waals surface area contributed by atoms with Gasteiger partial charge in [0.25, 0.3) is 11.8 Å². The van der Waals surface area contributed by atoms with Crippen LogP contribution in [0.15, 0.2) is 78.9 Å². The Hall–Kier alpha value is -3.51. The lowest BCUT2D eigenvalue weighted by Gasteiger charge is -2.31. The fraction of sp³-hybridized carbons (Fsp3) is 0.192. The first-order chi connectivity index (χ1) is 15.7. The van der Waals surface area contributed by atoms with E-state index in [0.29, 0.717) is 35.8 Å². The van der Waals surface area contributed by atoms with Crippen LogP contribution < -0.4 is 5.32 Å². The number of likely N-dealkylation sites (tertiary alicyclic amines) is 1. The summed E-state index contributed by atoms with van der Waals surface area (Å²) in [6.45, 7) is 1.36. The topological polar surface area (TPSA) is 62.3 Å². The van der Waals surface area contributed by atoms with Crippen molar-refractivity contribution in [2.24, 2.45) is 0 Å². The molecule has 0 unspecified atom stereocenters. The molecule has 0 spiro atoms. The van der Waals surface area contributed by atoms with E-state index < -0.39 is 0 Å². The first kappa shape index (κ1) is 20.4. The van der Waals surface area contributed by atoms with E-state index in [2.05, 4.69) is 17.4 Å². The molecule has 32 heavy (non-hydrogen) atoms. The lowest BCUT2D eigenvalue weighted by atomic mass is 9.97. The van der Waals surface area contributed by atoms with Crippen LogP contribution in [0.3, 0.4) is 0 Å². The van der Waals surface area contributed by atoms with Gasteiger partial charge >= 0.3 is 0 Å². The number of hydrogen-bond acceptors (Lipinski definition) is 4. The second kappa shape index (κ2) is 8.93. The summed E-state index contributed by atoms with van der Waals surface area (Å²) in [6, 6.07) is 24.5. The molecule has 2 amide bonds. The number of piperidine rings is 1. The van der Waals surface area contributed by atoms with Crippen molar-refractivity contribution in [3.8, 4) is 0 Å². The van der Waals surface area contributed by atoms with Gasteiger partial charge in [0.2, 0.25) is 0 Å². The van der Waals surface area contributed by atoms with Crippen LogP contribution >= 0.6 is 11.3 Å². The molecule has 3 aromatic carbocycles. The van der Waals surface area contributed by atoms with E-state index in [4.69, 9.17) is 4.98 Å². The number of rotatable bonds is 4. The molecule has 2 heterocycles. The standard InChI is InChI=1S/C26H23N3O2S/c30-24(18-8-2-1-3-9-18)27-21-11-5-4-10-20(21)26(31)29-16-14-19(15-17-29)25-28-22-12-6-7-13-23(22)32-25/h1-13,19H,14-17H2,(H,27,30). The Morgan fingerprint density at radius 2 is 1.56 bits per heavy atom. The second-order valence-electron chi connectivity index (χ2n) is 7.95. The van der Waals surface area contributed by atoms with Gasteiger partial charge < -0.3 is 10.2 Å². The predicted molar refractivity (Wildman–Crippen MR) is 128 cm³/mol. The largest absolute Gasteiger partial charge is 0.339 e. The minimum Gasteiger partial charge on any atom is -0.339 e. The number of thiazole rings is 1. The Bertz CT molecular complexity index is 1230. The third kappa shape index (κ3) is 4.14. The van der Waals surface area contributed by atoms with Crippen LogP contribution in [0.5, 0.6) is 0 Å². The fourth-order valence-electron chi connectivity index (χ4n) is 4.13. The van der Waals surface area contributed by atoms with Crippen LogP contribution in [0, 0.1) is 0 Å². The van der Waals surface area contributed by atoms with E-state index in [0.717, 1.165) is 23.4 Å². The number of nitrogens with one attached hydrogen (secondary N) is 1. The molecule has 5 rings (SSSR count). The van der Waals surface area contributed by atoms with Gasteiger partial charge in [0.15, 0.2) is 0 Å². The first-order valence-electron chi connectivity index (χ1n) is 10.8. The molecule has 5 nitrogen and oxygen atoms in total. The summed E-state index contributed by atoms with van der Waals surface area (Å²) >= 11 is 1.75. The zero-order valence-electron chi connectivity index (χ0n) is 17.5. The van der Waals surface area contributed by atoms with E-state index in [1.54, 1.807) is 35.6 Å². The van der Waals surface area contributed by atoms with E-state index in [1.807, 2.05) is 47.4 Å². The first-order valence-corrected chi connectivity index (χ1v) is 11.6. The number of para-hydroxylation sites is 2. The molecule has 1 aliphatic heterocycles. The van der Waals surface area contributed by atoms with Crippen molar-refractivity contribution >= 4 is 39.1 Å². The number of nitrogens with zero attached hydrogens (tertiary/aromatic N) is 2. The van der Waals surface area contributed by atoms with Gasteiger partial charge in [-0.1, -0.05) is 42.5 Å². The van der Waals surface area contributed by atoms with Crippen LogP contribution in [-0.2, 0) is 0 Å². The fourth-order valence-corrected chi connectivity index (χ4v) is 5.26. The molecule has 1 fully saturated rings. The summed E-state index contributed by atoms with van der Waals surface area (Å²) in [5.74, 6) is 0.113. The van der Waals surface area contributed by atoms with Gasteiger partial charge in [0, 0.05) is 24.6 Å². The summed E-state index contributed by atoms with van der Waals surface area (Å²) in [5.41, 5.74) is 2.68. The molecule has 1 aromatic heterocycles. The number of fused-ring (bicyclic) bond motifs is 1. The van der Waals surface area contributed by atoms with Crippen molar-refractivity contribution in [1.82, 2.24) is 9.88 Å². The Labute approximate surface area is 190 Å². The van der Waals surface area contributed by atoms with Gasteiger partial charge in [-0.15, -0.1) is 11.3 Å². The summed E-state index contributed by atoms with van der Waals surface area (Å²) in [5, 5.41) is 4.06. The monoisotopic (exact) mass is 441 g/mol. The number of carbonyl (C=O) groups excluding carboxylic acids is 2. The van der Waals surface area contributed by atoms with Crippen molar-refractivity contribution < 1.29 is 9.59 Å². The van der Waals surface area contributed by atoms with E-state index >= 15 is 0 Å². The zero-order chi connectivity index (χ0) is 21.9. The molecule has 0 atom stereocenters. The van der Waals surface area contributed by atoms with Gasteiger partial charge in [-0.2, -0.15) is 0 Å². The molecule has 4 aromatic rings. The minimum absolute atomic E-state index is 0.0447. The highest BCUT2D eigenvalue weighted by Gasteiger charge is 2.27. The van der Waals surface area contributed by atoms with Crippen LogP contribution in [0.1, 0.15) is 44.5 Å². The molecule has 160 valence electrons. The Balaban J connectivity index is 1.28.